The summed E-state index contributed by atoms with van der Waals surface area (Å²) >= 11 is 0. The van der Waals surface area contributed by atoms with Crippen LogP contribution in [-0.4, -0.2) is 111 Å². The normalized spacial score (nSPS) is 11.4. The zero-order chi connectivity index (χ0) is 36.1. The van der Waals surface area contributed by atoms with Crippen molar-refractivity contribution in [2.45, 2.75) is 24.2 Å². The quantitative estimate of drug-likeness (QED) is 0.0578. The van der Waals surface area contributed by atoms with Gasteiger partial charge in [0.25, 0.3) is 0 Å². The molecule has 0 saturated heterocycles. The van der Waals surface area contributed by atoms with E-state index in [1.54, 1.807) is 6.08 Å². The second kappa shape index (κ2) is 21.7. The van der Waals surface area contributed by atoms with Gasteiger partial charge >= 0.3 is 48.1 Å². The second-order valence-corrected chi connectivity index (χ2v) is 7.40. The Kier molecular flexibility index (Phi) is 21.9. The van der Waals surface area contributed by atoms with E-state index in [0.717, 1.165) is 0 Å². The number of aliphatic hydroxyl groups excluding tert-OH is 1. The van der Waals surface area contributed by atoms with E-state index >= 15 is 0 Å². The zero-order valence-electron chi connectivity index (χ0n) is 23.0. The highest BCUT2D eigenvalue weighted by molar-refractivity contribution is 5.88. The SMILES string of the molecule is C=CCOCC(=C)C(=O)O.C=CCOCC(=C)C(=O)OCCOC(=O)C(F)(F)C(F)(F)F.O=C(OCCO)C(F)(F)C(F)(F)F. The Bertz CT molecular complexity index is 1010. The molecule has 0 atom stereocenters. The first-order chi connectivity index (χ1) is 20.4. The van der Waals surface area contributed by atoms with E-state index in [4.69, 9.17) is 19.7 Å². The van der Waals surface area contributed by atoms with E-state index in [9.17, 15) is 63.1 Å². The molecule has 21 heteroatoms. The minimum atomic E-state index is -6.06. The van der Waals surface area contributed by atoms with Crippen LogP contribution in [0.4, 0.5) is 43.9 Å². The minimum absolute atomic E-state index is 0.0569. The largest absolute Gasteiger partial charge is 0.478 e. The van der Waals surface area contributed by atoms with Crippen LogP contribution in [0.25, 0.3) is 0 Å². The Balaban J connectivity index is -0.000000649. The van der Waals surface area contributed by atoms with Crippen molar-refractivity contribution in [1.29, 1.82) is 0 Å². The van der Waals surface area contributed by atoms with E-state index in [-0.39, 0.29) is 31.0 Å². The number of rotatable bonds is 17. The van der Waals surface area contributed by atoms with Gasteiger partial charge in [-0.15, -0.1) is 13.2 Å². The summed E-state index contributed by atoms with van der Waals surface area (Å²) in [5.74, 6) is -18.6. The van der Waals surface area contributed by atoms with Gasteiger partial charge in [0.05, 0.1) is 44.2 Å². The summed E-state index contributed by atoms with van der Waals surface area (Å²) in [4.78, 5) is 42.0. The molecule has 0 aromatic rings. The molecule has 0 radical (unpaired) electrons. The molecule has 11 nitrogen and oxygen atoms in total. The maximum Gasteiger partial charge on any atom is 0.465 e. The lowest BCUT2D eigenvalue weighted by Crippen LogP contribution is -2.45. The molecule has 0 unspecified atom stereocenters. The van der Waals surface area contributed by atoms with Crippen LogP contribution in [0.5, 0.6) is 0 Å². The molecule has 0 amide bonds. The topological polar surface area (TPSA) is 155 Å². The van der Waals surface area contributed by atoms with Crippen LogP contribution in [0.1, 0.15) is 0 Å². The third kappa shape index (κ3) is 19.1. The number of hydrogen-bond acceptors (Lipinski definition) is 10. The smallest absolute Gasteiger partial charge is 0.465 e. The average molecular weight is 682 g/mol. The molecule has 0 fully saturated rings. The number of ether oxygens (including phenoxy) is 5. The van der Waals surface area contributed by atoms with Gasteiger partial charge in [0.2, 0.25) is 0 Å². The van der Waals surface area contributed by atoms with Crippen molar-refractivity contribution in [3.8, 4) is 0 Å². The molecule has 0 saturated carbocycles. The number of carbonyl (C=O) groups excluding carboxylic acids is 3. The third-order valence-corrected chi connectivity index (χ3v) is 3.71. The summed E-state index contributed by atoms with van der Waals surface area (Å²) in [6.07, 6.45) is -9.06. The third-order valence-electron chi connectivity index (χ3n) is 3.71. The molecule has 0 heterocycles. The molecule has 45 heavy (non-hydrogen) atoms. The van der Waals surface area contributed by atoms with Crippen molar-refractivity contribution in [2.75, 3.05) is 52.9 Å². The highest BCUT2D eigenvalue weighted by Crippen LogP contribution is 2.37. The fraction of sp³-hybridized carbons (Fsp3) is 0.500. The van der Waals surface area contributed by atoms with Crippen LogP contribution in [0.15, 0.2) is 49.6 Å². The Morgan fingerprint density at radius 3 is 1.31 bits per heavy atom. The fourth-order valence-electron chi connectivity index (χ4n) is 1.57. The lowest BCUT2D eigenvalue weighted by Gasteiger charge is -2.17. The summed E-state index contributed by atoms with van der Waals surface area (Å²) in [6, 6.07) is 0. The Morgan fingerprint density at radius 2 is 0.978 bits per heavy atom. The highest BCUT2D eigenvalue weighted by atomic mass is 19.4. The van der Waals surface area contributed by atoms with E-state index in [1.165, 1.54) is 6.08 Å². The van der Waals surface area contributed by atoms with Gasteiger partial charge in [-0.05, 0) is 0 Å². The summed E-state index contributed by atoms with van der Waals surface area (Å²) in [5, 5.41) is 16.3. The zero-order valence-corrected chi connectivity index (χ0v) is 23.0. The predicted molar refractivity (Wildman–Crippen MR) is 130 cm³/mol. The van der Waals surface area contributed by atoms with Crippen LogP contribution >= 0.6 is 0 Å². The van der Waals surface area contributed by atoms with Crippen molar-refractivity contribution < 1.29 is 97.0 Å². The number of carboxylic acids is 1. The standard InChI is InChI=1S/C12H13F5O5.C7H10O3.C5H5F5O3/c1-3-4-20-7-8(2)9(18)21-5-6-22-10(19)11(13,14)12(15,16)17;1-3-4-10-5-6(2)7(8)9;6-4(7,5(8,9)10)3(12)13-2-1-11/h3H,1-2,4-7H2;3H,1-2,4-5H2,(H,8,9);11H,1-2H2. The van der Waals surface area contributed by atoms with Crippen LogP contribution in [-0.2, 0) is 42.9 Å². The Labute approximate surface area is 248 Å². The summed E-state index contributed by atoms with van der Waals surface area (Å²) < 4.78 is 140. The van der Waals surface area contributed by atoms with Gasteiger partial charge < -0.3 is 33.9 Å². The summed E-state index contributed by atoms with van der Waals surface area (Å²) in [6.45, 7) is 10.3. The molecule has 0 rings (SSSR count). The molecule has 0 aromatic heterocycles. The van der Waals surface area contributed by atoms with Gasteiger partial charge in [-0.25, -0.2) is 19.2 Å². The molecule has 0 bridgehead atoms. The number of aliphatic carboxylic acids is 1. The van der Waals surface area contributed by atoms with Crippen LogP contribution in [0, 0.1) is 0 Å². The van der Waals surface area contributed by atoms with Crippen LogP contribution in [0.3, 0.4) is 0 Å². The van der Waals surface area contributed by atoms with Gasteiger partial charge in [-0.2, -0.15) is 43.9 Å². The average Bonchev–Trinajstić information content (AvgIpc) is 2.93. The molecule has 2 N–H and O–H groups in total. The van der Waals surface area contributed by atoms with E-state index in [1.807, 2.05) is 0 Å². The van der Waals surface area contributed by atoms with Gasteiger partial charge in [0.15, 0.2) is 0 Å². The highest BCUT2D eigenvalue weighted by Gasteiger charge is 2.65. The van der Waals surface area contributed by atoms with E-state index in [0.29, 0.717) is 6.61 Å². The minimum Gasteiger partial charge on any atom is -0.478 e. The van der Waals surface area contributed by atoms with Crippen molar-refractivity contribution in [1.82, 2.24) is 0 Å². The first-order valence-corrected chi connectivity index (χ1v) is 11.4. The van der Waals surface area contributed by atoms with Crippen molar-refractivity contribution in [3.05, 3.63) is 49.6 Å². The molecular formula is C24H28F10O11. The number of hydrogen-bond donors (Lipinski definition) is 2. The second-order valence-electron chi connectivity index (χ2n) is 7.40. The first-order valence-electron chi connectivity index (χ1n) is 11.4. The van der Waals surface area contributed by atoms with Gasteiger partial charge in [-0.3, -0.25) is 0 Å². The van der Waals surface area contributed by atoms with E-state index in [2.05, 4.69) is 40.5 Å². The number of carboxylic acid groups (broad SMARTS) is 1. The summed E-state index contributed by atoms with van der Waals surface area (Å²) in [7, 11) is 0. The molecule has 0 spiro atoms. The van der Waals surface area contributed by atoms with Crippen molar-refractivity contribution >= 4 is 23.9 Å². The number of aliphatic hydroxyl groups is 1. The number of carbonyl (C=O) groups is 4. The lowest BCUT2D eigenvalue weighted by atomic mass is 10.3. The molecule has 0 aliphatic carbocycles. The molecule has 0 aromatic carbocycles. The maximum atomic E-state index is 12.5. The molecular weight excluding hydrogens is 654 g/mol. The first kappa shape index (κ1) is 45.4. The molecule has 0 aliphatic heterocycles. The van der Waals surface area contributed by atoms with Gasteiger partial charge in [0, 0.05) is 0 Å². The molecule has 260 valence electrons. The predicted octanol–water partition coefficient (Wildman–Crippen LogP) is 3.58. The Morgan fingerprint density at radius 1 is 0.622 bits per heavy atom. The van der Waals surface area contributed by atoms with Crippen LogP contribution in [0.2, 0.25) is 0 Å². The van der Waals surface area contributed by atoms with Gasteiger partial charge in [-0.1, -0.05) is 25.3 Å². The van der Waals surface area contributed by atoms with Crippen molar-refractivity contribution in [3.63, 3.8) is 0 Å². The monoisotopic (exact) mass is 682 g/mol. The lowest BCUT2D eigenvalue weighted by molar-refractivity contribution is -0.281. The number of alkyl halides is 10. The molecule has 0 aliphatic rings. The van der Waals surface area contributed by atoms with Crippen LogP contribution < -0.4 is 0 Å². The van der Waals surface area contributed by atoms with Crippen molar-refractivity contribution in [2.24, 2.45) is 0 Å². The fourth-order valence-corrected chi connectivity index (χ4v) is 1.57. The van der Waals surface area contributed by atoms with Gasteiger partial charge in [0.1, 0.15) is 19.8 Å². The van der Waals surface area contributed by atoms with E-state index < -0.39 is 74.5 Å². The number of esters is 3. The maximum absolute atomic E-state index is 12.5. The summed E-state index contributed by atoms with van der Waals surface area (Å²) in [5.41, 5.74) is -0.0596. The Hall–Kier alpha value is -3.98. The number of halogens is 10.